The van der Waals surface area contributed by atoms with Crippen molar-refractivity contribution in [1.82, 2.24) is 20.7 Å². The molecule has 0 fully saturated rings. The van der Waals surface area contributed by atoms with Gasteiger partial charge in [-0.05, 0) is 13.5 Å². The number of rotatable bonds is 4. The highest BCUT2D eigenvalue weighted by atomic mass is 15.3. The van der Waals surface area contributed by atoms with Gasteiger partial charge in [0.25, 0.3) is 0 Å². The second kappa shape index (κ2) is 4.01. The highest BCUT2D eigenvalue weighted by molar-refractivity contribution is 5.14. The lowest BCUT2D eigenvalue weighted by atomic mass is 10.1. The van der Waals surface area contributed by atoms with Gasteiger partial charge in [-0.3, -0.25) is 0 Å². The molecule has 0 radical (unpaired) electrons. The second-order valence-electron chi connectivity index (χ2n) is 2.73. The largest absolute Gasteiger partial charge is 0.305 e. The van der Waals surface area contributed by atoms with Crippen LogP contribution in [0, 0.1) is 0 Å². The van der Waals surface area contributed by atoms with Crippen LogP contribution in [0.15, 0.2) is 18.3 Å². The van der Waals surface area contributed by atoms with Crippen molar-refractivity contribution in [2.45, 2.75) is 19.9 Å². The van der Waals surface area contributed by atoms with E-state index in [-0.39, 0.29) is 6.04 Å². The Balaban J connectivity index is 2.73. The maximum atomic E-state index is 4.00. The first-order valence-electron chi connectivity index (χ1n) is 4.00. The standard InChI is InChI=1S/C8H14N4/c1-4-9-8(6(2)3)7-5-10-12-11-7/h5,8-9H,2,4H2,1,3H3,(H,10,11,12). The van der Waals surface area contributed by atoms with E-state index in [1.54, 1.807) is 6.20 Å². The van der Waals surface area contributed by atoms with Gasteiger partial charge in [0.15, 0.2) is 0 Å². The van der Waals surface area contributed by atoms with E-state index in [0.717, 1.165) is 17.8 Å². The van der Waals surface area contributed by atoms with Crippen LogP contribution in [0.5, 0.6) is 0 Å². The predicted octanol–water partition coefficient (Wildman–Crippen LogP) is 1.03. The van der Waals surface area contributed by atoms with E-state index >= 15 is 0 Å². The number of aromatic nitrogens is 3. The first-order valence-corrected chi connectivity index (χ1v) is 4.00. The van der Waals surface area contributed by atoms with Gasteiger partial charge >= 0.3 is 0 Å². The van der Waals surface area contributed by atoms with Crippen molar-refractivity contribution >= 4 is 0 Å². The Labute approximate surface area is 72.1 Å². The van der Waals surface area contributed by atoms with Crippen LogP contribution < -0.4 is 5.32 Å². The summed E-state index contributed by atoms with van der Waals surface area (Å²) >= 11 is 0. The minimum absolute atomic E-state index is 0.119. The third-order valence-corrected chi connectivity index (χ3v) is 1.63. The number of likely N-dealkylation sites (N-methyl/N-ethyl adjacent to an activating group) is 1. The molecule has 1 unspecified atom stereocenters. The van der Waals surface area contributed by atoms with E-state index in [1.165, 1.54) is 0 Å². The van der Waals surface area contributed by atoms with Crippen molar-refractivity contribution in [1.29, 1.82) is 0 Å². The fourth-order valence-corrected chi connectivity index (χ4v) is 1.08. The molecule has 1 heterocycles. The molecule has 12 heavy (non-hydrogen) atoms. The molecule has 0 aromatic carbocycles. The zero-order chi connectivity index (χ0) is 8.97. The average Bonchev–Trinajstić information content (AvgIpc) is 2.51. The second-order valence-corrected chi connectivity index (χ2v) is 2.73. The Morgan fingerprint density at radius 1 is 1.83 bits per heavy atom. The number of aromatic amines is 1. The first-order chi connectivity index (χ1) is 5.75. The number of hydrogen-bond acceptors (Lipinski definition) is 3. The summed E-state index contributed by atoms with van der Waals surface area (Å²) < 4.78 is 0. The molecule has 4 heteroatoms. The van der Waals surface area contributed by atoms with Crippen LogP contribution in [0.1, 0.15) is 25.6 Å². The molecule has 2 N–H and O–H groups in total. The van der Waals surface area contributed by atoms with Crippen molar-refractivity contribution in [3.63, 3.8) is 0 Å². The minimum atomic E-state index is 0.119. The fraction of sp³-hybridized carbons (Fsp3) is 0.500. The third kappa shape index (κ3) is 1.92. The van der Waals surface area contributed by atoms with Gasteiger partial charge in [-0.2, -0.15) is 15.4 Å². The van der Waals surface area contributed by atoms with Gasteiger partial charge in [0.1, 0.15) is 5.69 Å². The van der Waals surface area contributed by atoms with E-state index in [2.05, 4.69) is 34.2 Å². The molecule has 0 aliphatic carbocycles. The minimum Gasteiger partial charge on any atom is -0.305 e. The van der Waals surface area contributed by atoms with Crippen LogP contribution in [0.2, 0.25) is 0 Å². The molecule has 0 bridgehead atoms. The summed E-state index contributed by atoms with van der Waals surface area (Å²) in [7, 11) is 0. The summed E-state index contributed by atoms with van der Waals surface area (Å²) in [6.07, 6.45) is 1.71. The number of nitrogens with one attached hydrogen (secondary N) is 2. The van der Waals surface area contributed by atoms with Gasteiger partial charge in [0, 0.05) is 0 Å². The quantitative estimate of drug-likeness (QED) is 0.657. The Morgan fingerprint density at radius 2 is 2.58 bits per heavy atom. The summed E-state index contributed by atoms with van der Waals surface area (Å²) in [6.45, 7) is 8.80. The fourth-order valence-electron chi connectivity index (χ4n) is 1.08. The summed E-state index contributed by atoms with van der Waals surface area (Å²) in [5.74, 6) is 0. The number of hydrogen-bond donors (Lipinski definition) is 2. The van der Waals surface area contributed by atoms with Crippen molar-refractivity contribution in [2.24, 2.45) is 0 Å². The Hall–Kier alpha value is -1.16. The molecule has 1 aromatic heterocycles. The summed E-state index contributed by atoms with van der Waals surface area (Å²) in [6, 6.07) is 0.119. The molecule has 1 rings (SSSR count). The summed E-state index contributed by atoms with van der Waals surface area (Å²) in [5, 5.41) is 13.6. The normalized spacial score (nSPS) is 12.8. The maximum absolute atomic E-state index is 4.00. The molecule has 0 aliphatic rings. The number of H-pyrrole nitrogens is 1. The highest BCUT2D eigenvalue weighted by Gasteiger charge is 2.12. The van der Waals surface area contributed by atoms with Gasteiger partial charge in [0.05, 0.1) is 12.2 Å². The van der Waals surface area contributed by atoms with Crippen molar-refractivity contribution < 1.29 is 0 Å². The third-order valence-electron chi connectivity index (χ3n) is 1.63. The molecular weight excluding hydrogens is 152 g/mol. The van der Waals surface area contributed by atoms with Gasteiger partial charge in [0.2, 0.25) is 0 Å². The van der Waals surface area contributed by atoms with Gasteiger partial charge in [-0.25, -0.2) is 0 Å². The molecule has 0 saturated heterocycles. The molecule has 0 amide bonds. The van der Waals surface area contributed by atoms with Crippen LogP contribution in [0.3, 0.4) is 0 Å². The maximum Gasteiger partial charge on any atom is 0.104 e. The predicted molar refractivity (Wildman–Crippen MR) is 47.6 cm³/mol. The van der Waals surface area contributed by atoms with Gasteiger partial charge in [-0.1, -0.05) is 19.1 Å². The van der Waals surface area contributed by atoms with Crippen molar-refractivity contribution in [2.75, 3.05) is 6.54 Å². The molecular formula is C8H14N4. The SMILES string of the molecule is C=C(C)C(NCC)c1cn[nH]n1. The molecule has 0 spiro atoms. The van der Waals surface area contributed by atoms with Gasteiger partial charge in [-0.15, -0.1) is 0 Å². The Kier molecular flexibility index (Phi) is 2.99. The van der Waals surface area contributed by atoms with Crippen LogP contribution in [-0.4, -0.2) is 22.0 Å². The van der Waals surface area contributed by atoms with E-state index in [1.807, 2.05) is 6.92 Å². The van der Waals surface area contributed by atoms with E-state index in [0.29, 0.717) is 0 Å². The monoisotopic (exact) mass is 166 g/mol. The molecule has 0 saturated carbocycles. The lowest BCUT2D eigenvalue weighted by Crippen LogP contribution is -2.21. The lowest BCUT2D eigenvalue weighted by Gasteiger charge is -2.14. The van der Waals surface area contributed by atoms with Crippen LogP contribution in [0.4, 0.5) is 0 Å². The number of nitrogens with zero attached hydrogens (tertiary/aromatic N) is 2. The Morgan fingerprint density at radius 3 is 3.00 bits per heavy atom. The van der Waals surface area contributed by atoms with E-state index in [9.17, 15) is 0 Å². The lowest BCUT2D eigenvalue weighted by molar-refractivity contribution is 0.605. The topological polar surface area (TPSA) is 53.6 Å². The van der Waals surface area contributed by atoms with Crippen molar-refractivity contribution in [3.8, 4) is 0 Å². The van der Waals surface area contributed by atoms with E-state index in [4.69, 9.17) is 0 Å². The molecule has 1 aromatic rings. The van der Waals surface area contributed by atoms with Crippen LogP contribution >= 0.6 is 0 Å². The van der Waals surface area contributed by atoms with Crippen LogP contribution in [-0.2, 0) is 0 Å². The molecule has 0 aliphatic heterocycles. The highest BCUT2D eigenvalue weighted by Crippen LogP contribution is 2.15. The van der Waals surface area contributed by atoms with Crippen LogP contribution in [0.25, 0.3) is 0 Å². The first kappa shape index (κ1) is 8.93. The molecule has 66 valence electrons. The van der Waals surface area contributed by atoms with Gasteiger partial charge < -0.3 is 5.32 Å². The average molecular weight is 166 g/mol. The zero-order valence-corrected chi connectivity index (χ0v) is 7.46. The summed E-state index contributed by atoms with van der Waals surface area (Å²) in [5.41, 5.74) is 1.94. The van der Waals surface area contributed by atoms with Crippen molar-refractivity contribution in [3.05, 3.63) is 24.0 Å². The zero-order valence-electron chi connectivity index (χ0n) is 7.46. The van der Waals surface area contributed by atoms with E-state index < -0.39 is 0 Å². The molecule has 4 nitrogen and oxygen atoms in total. The smallest absolute Gasteiger partial charge is 0.104 e. The summed E-state index contributed by atoms with van der Waals surface area (Å²) in [4.78, 5) is 0. The molecule has 1 atom stereocenters. The Bertz CT molecular complexity index is 240.